The van der Waals surface area contributed by atoms with Crippen molar-refractivity contribution in [3.05, 3.63) is 36.4 Å². The third kappa shape index (κ3) is 10.5. The standard InChI is InChI=1S/C22H33N9O6/c1-12(2)3-16(21(36)27-8-18(32)26-9-19(33)34)31-22(37)17(5-14-7-25-11-29-14)30-20(35)15(23)4-13-6-24-10-28-13/h6-7,10-12,15-17H,3-5,8-9,23H2,1-2H3,(H,24,28)(H,25,29)(H,26,32)(H,27,36)(H,30,35)(H,31,37)(H,33,34). The van der Waals surface area contributed by atoms with Crippen LogP contribution in [-0.2, 0) is 36.8 Å². The van der Waals surface area contributed by atoms with Gasteiger partial charge >= 0.3 is 5.97 Å². The molecule has 0 aliphatic rings. The predicted molar refractivity (Wildman–Crippen MR) is 130 cm³/mol. The Labute approximate surface area is 212 Å². The van der Waals surface area contributed by atoms with E-state index in [9.17, 15) is 24.0 Å². The zero-order valence-electron chi connectivity index (χ0n) is 20.6. The molecule has 0 bridgehead atoms. The number of amides is 4. The number of imidazole rings is 2. The van der Waals surface area contributed by atoms with Crippen molar-refractivity contribution in [1.82, 2.24) is 41.2 Å². The van der Waals surface area contributed by atoms with Crippen LogP contribution < -0.4 is 27.0 Å². The Hall–Kier alpha value is -4.27. The topological polar surface area (TPSA) is 237 Å². The van der Waals surface area contributed by atoms with Crippen LogP contribution in [0.2, 0.25) is 0 Å². The molecular formula is C22H33N9O6. The summed E-state index contributed by atoms with van der Waals surface area (Å²) in [5.41, 5.74) is 7.23. The molecule has 0 saturated carbocycles. The van der Waals surface area contributed by atoms with Crippen LogP contribution in [0.3, 0.4) is 0 Å². The van der Waals surface area contributed by atoms with E-state index in [-0.39, 0.29) is 25.2 Å². The molecule has 0 aromatic carbocycles. The number of carbonyl (C=O) groups is 5. The quantitative estimate of drug-likeness (QED) is 0.125. The summed E-state index contributed by atoms with van der Waals surface area (Å²) < 4.78 is 0. The molecule has 15 heteroatoms. The van der Waals surface area contributed by atoms with Gasteiger partial charge in [0.25, 0.3) is 0 Å². The van der Waals surface area contributed by atoms with Crippen molar-refractivity contribution in [3.63, 3.8) is 0 Å². The molecule has 0 spiro atoms. The van der Waals surface area contributed by atoms with E-state index in [0.29, 0.717) is 11.4 Å². The molecule has 2 aromatic heterocycles. The average molecular weight is 520 g/mol. The molecule has 0 radical (unpaired) electrons. The SMILES string of the molecule is CC(C)CC(NC(=O)C(Cc1cnc[nH]1)NC(=O)C(N)Cc1cnc[nH]1)C(=O)NCC(=O)NCC(=O)O. The van der Waals surface area contributed by atoms with Gasteiger partial charge in [-0.15, -0.1) is 0 Å². The molecule has 0 saturated heterocycles. The number of nitrogens with zero attached hydrogens (tertiary/aromatic N) is 2. The zero-order chi connectivity index (χ0) is 27.4. The first-order chi connectivity index (χ1) is 17.5. The maximum absolute atomic E-state index is 13.2. The minimum absolute atomic E-state index is 0.000336. The fraction of sp³-hybridized carbons (Fsp3) is 0.500. The second-order valence-corrected chi connectivity index (χ2v) is 8.81. The van der Waals surface area contributed by atoms with Gasteiger partial charge in [0.15, 0.2) is 0 Å². The first-order valence-corrected chi connectivity index (χ1v) is 11.6. The second-order valence-electron chi connectivity index (χ2n) is 8.81. The van der Waals surface area contributed by atoms with Crippen molar-refractivity contribution in [2.45, 2.75) is 51.2 Å². The highest BCUT2D eigenvalue weighted by Gasteiger charge is 2.29. The number of carboxylic acids is 1. The molecule has 3 atom stereocenters. The first kappa shape index (κ1) is 29.0. The lowest BCUT2D eigenvalue weighted by molar-refractivity contribution is -0.138. The van der Waals surface area contributed by atoms with E-state index in [2.05, 4.69) is 41.2 Å². The highest BCUT2D eigenvalue weighted by Crippen LogP contribution is 2.07. The molecule has 4 amide bonds. The van der Waals surface area contributed by atoms with Gasteiger partial charge in [0.1, 0.15) is 18.6 Å². The smallest absolute Gasteiger partial charge is 0.322 e. The van der Waals surface area contributed by atoms with E-state index in [0.717, 1.165) is 0 Å². The van der Waals surface area contributed by atoms with Crippen LogP contribution in [0.1, 0.15) is 31.7 Å². The van der Waals surface area contributed by atoms with Crippen molar-refractivity contribution in [1.29, 1.82) is 0 Å². The maximum atomic E-state index is 13.2. The molecule has 9 N–H and O–H groups in total. The minimum Gasteiger partial charge on any atom is -0.480 e. The third-order valence-electron chi connectivity index (χ3n) is 5.14. The van der Waals surface area contributed by atoms with Gasteiger partial charge in [-0.25, -0.2) is 9.97 Å². The van der Waals surface area contributed by atoms with Gasteiger partial charge in [0.05, 0.1) is 25.2 Å². The monoisotopic (exact) mass is 519 g/mol. The molecular weight excluding hydrogens is 486 g/mol. The van der Waals surface area contributed by atoms with Crippen LogP contribution in [-0.4, -0.2) is 85.9 Å². The minimum atomic E-state index is -1.22. The van der Waals surface area contributed by atoms with E-state index >= 15 is 0 Å². The summed E-state index contributed by atoms with van der Waals surface area (Å²) in [6, 6.07) is -3.06. The highest BCUT2D eigenvalue weighted by molar-refractivity contribution is 5.94. The number of rotatable bonds is 15. The number of aliphatic carboxylic acids is 1. The van der Waals surface area contributed by atoms with Gasteiger partial charge < -0.3 is 42.1 Å². The van der Waals surface area contributed by atoms with E-state index in [4.69, 9.17) is 10.8 Å². The Bertz CT molecular complexity index is 1040. The maximum Gasteiger partial charge on any atom is 0.322 e. The first-order valence-electron chi connectivity index (χ1n) is 11.6. The van der Waals surface area contributed by atoms with E-state index in [1.165, 1.54) is 18.9 Å². The number of nitrogens with one attached hydrogen (secondary N) is 6. The molecule has 2 rings (SSSR count). The van der Waals surface area contributed by atoms with Gasteiger partial charge in [-0.05, 0) is 12.3 Å². The Morgan fingerprint density at radius 3 is 2.00 bits per heavy atom. The lowest BCUT2D eigenvalue weighted by Gasteiger charge is -2.25. The van der Waals surface area contributed by atoms with Crippen LogP contribution in [0.15, 0.2) is 25.0 Å². The zero-order valence-corrected chi connectivity index (χ0v) is 20.6. The second kappa shape index (κ2) is 14.3. The van der Waals surface area contributed by atoms with E-state index in [1.54, 1.807) is 6.20 Å². The molecule has 0 aliphatic heterocycles. The van der Waals surface area contributed by atoms with Gasteiger partial charge in [-0.1, -0.05) is 13.8 Å². The van der Waals surface area contributed by atoms with E-state index < -0.39 is 60.8 Å². The molecule has 2 aromatic rings. The number of aromatic amines is 2. The molecule has 2 heterocycles. The van der Waals surface area contributed by atoms with Gasteiger partial charge in [-0.2, -0.15) is 0 Å². The third-order valence-corrected chi connectivity index (χ3v) is 5.14. The fourth-order valence-corrected chi connectivity index (χ4v) is 3.33. The van der Waals surface area contributed by atoms with E-state index in [1.807, 2.05) is 13.8 Å². The number of aromatic nitrogens is 4. The van der Waals surface area contributed by atoms with Gasteiger partial charge in [0.2, 0.25) is 23.6 Å². The van der Waals surface area contributed by atoms with Crippen molar-refractivity contribution in [2.24, 2.45) is 11.7 Å². The summed E-state index contributed by atoms with van der Waals surface area (Å²) in [4.78, 5) is 74.6. The fourth-order valence-electron chi connectivity index (χ4n) is 3.33. The van der Waals surface area contributed by atoms with Crippen LogP contribution in [0.4, 0.5) is 0 Å². The van der Waals surface area contributed by atoms with Crippen molar-refractivity contribution < 1.29 is 29.1 Å². The summed E-state index contributed by atoms with van der Waals surface area (Å²) in [5.74, 6) is -3.75. The molecule has 0 fully saturated rings. The Morgan fingerprint density at radius 2 is 1.46 bits per heavy atom. The van der Waals surface area contributed by atoms with Crippen molar-refractivity contribution >= 4 is 29.6 Å². The van der Waals surface area contributed by atoms with Gasteiger partial charge in [-0.3, -0.25) is 24.0 Å². The summed E-state index contributed by atoms with van der Waals surface area (Å²) >= 11 is 0. The molecule has 15 nitrogen and oxygen atoms in total. The number of hydrogen-bond donors (Lipinski definition) is 8. The van der Waals surface area contributed by atoms with Crippen LogP contribution >= 0.6 is 0 Å². The largest absolute Gasteiger partial charge is 0.480 e. The molecule has 0 aliphatic carbocycles. The molecule has 202 valence electrons. The van der Waals surface area contributed by atoms with Crippen LogP contribution in [0.5, 0.6) is 0 Å². The normalized spacial score (nSPS) is 13.3. The lowest BCUT2D eigenvalue weighted by Crippen LogP contribution is -2.57. The summed E-state index contributed by atoms with van der Waals surface area (Å²) in [6.07, 6.45) is 6.42. The number of nitrogens with two attached hydrogens (primary N) is 1. The number of hydrogen-bond acceptors (Lipinski definition) is 8. The molecule has 3 unspecified atom stereocenters. The lowest BCUT2D eigenvalue weighted by atomic mass is 10.0. The van der Waals surface area contributed by atoms with Crippen molar-refractivity contribution in [2.75, 3.05) is 13.1 Å². The Morgan fingerprint density at radius 1 is 0.865 bits per heavy atom. The van der Waals surface area contributed by atoms with Crippen molar-refractivity contribution in [3.8, 4) is 0 Å². The average Bonchev–Trinajstić information content (AvgIpc) is 3.54. The highest BCUT2D eigenvalue weighted by atomic mass is 16.4. The number of carbonyl (C=O) groups excluding carboxylic acids is 4. The number of carboxylic acid groups (broad SMARTS) is 1. The summed E-state index contributed by atoms with van der Waals surface area (Å²) in [5, 5.41) is 18.4. The Balaban J connectivity index is 2.07. The summed E-state index contributed by atoms with van der Waals surface area (Å²) in [7, 11) is 0. The van der Waals surface area contributed by atoms with Crippen LogP contribution in [0.25, 0.3) is 0 Å². The van der Waals surface area contributed by atoms with Crippen LogP contribution in [0, 0.1) is 5.92 Å². The van der Waals surface area contributed by atoms with Gasteiger partial charge in [0, 0.05) is 36.6 Å². The summed E-state index contributed by atoms with van der Waals surface area (Å²) in [6.45, 7) is 2.65. The Kier molecular flexibility index (Phi) is 11.2. The predicted octanol–water partition coefficient (Wildman–Crippen LogP) is -2.42. The number of H-pyrrole nitrogens is 2. The molecule has 37 heavy (non-hydrogen) atoms.